The number of carboxylic acid groups (broad SMARTS) is 1. The van der Waals surface area contributed by atoms with Crippen molar-refractivity contribution in [1.82, 2.24) is 4.57 Å². The summed E-state index contributed by atoms with van der Waals surface area (Å²) in [5, 5.41) is 9.12. The van der Waals surface area contributed by atoms with Gasteiger partial charge in [-0.25, -0.2) is 14.6 Å². The number of hydrogen-bond acceptors (Lipinski definition) is 8. The lowest BCUT2D eigenvalue weighted by molar-refractivity contribution is -0.139. The molecule has 0 amide bonds. The molecule has 0 saturated heterocycles. The minimum atomic E-state index is -0.994. The summed E-state index contributed by atoms with van der Waals surface area (Å²) in [6, 6.07) is 17.0. The number of ether oxygens (including phenoxy) is 3. The van der Waals surface area contributed by atoms with Gasteiger partial charge in [-0.15, -0.1) is 0 Å². The Bertz CT molecular complexity index is 1960. The zero-order valence-corrected chi connectivity index (χ0v) is 26.8. The molecule has 0 aliphatic carbocycles. The first kappa shape index (κ1) is 31.0. The van der Waals surface area contributed by atoms with Crippen LogP contribution in [-0.4, -0.2) is 35.3 Å². The number of aryl methyl sites for hydroxylation is 1. The number of carboxylic acids is 1. The molecule has 0 fully saturated rings. The number of halogens is 1. The molecule has 0 radical (unpaired) electrons. The molecule has 1 aliphatic heterocycles. The van der Waals surface area contributed by atoms with Crippen molar-refractivity contribution in [3.8, 4) is 11.5 Å². The van der Waals surface area contributed by atoms with Crippen molar-refractivity contribution in [3.05, 3.63) is 124 Å². The number of esters is 1. The van der Waals surface area contributed by atoms with Crippen LogP contribution in [0.25, 0.3) is 6.08 Å². The minimum Gasteiger partial charge on any atom is -0.493 e. The fourth-order valence-corrected chi connectivity index (χ4v) is 6.31. The highest BCUT2D eigenvalue weighted by molar-refractivity contribution is 9.10. The number of carbonyl (C=O) groups is 2. The molecular weight excluding hydrogens is 648 g/mol. The number of aromatic carboxylic acids is 1. The Morgan fingerprint density at radius 3 is 2.41 bits per heavy atom. The lowest BCUT2D eigenvalue weighted by atomic mass is 9.95. The number of thiazole rings is 1. The second-order valence-electron chi connectivity index (χ2n) is 10.0. The van der Waals surface area contributed by atoms with E-state index in [1.54, 1.807) is 48.8 Å². The van der Waals surface area contributed by atoms with Crippen molar-refractivity contribution < 1.29 is 28.9 Å². The standard InChI is InChI=1S/C33H29BrN2O7S/c1-5-42-32(40)28-19(3)35-33-36(29(28)21-10-6-18(2)7-11-21)30(37)27(44-33)15-23-14-25(41-4)26(16-24(23)34)43-17-20-8-12-22(13-9-20)31(38)39/h6-16,29H,5,17H2,1-4H3,(H,38,39)/b27-15+/t29-/m0/s1. The number of fused-ring (bicyclic) bond motifs is 1. The van der Waals surface area contributed by atoms with E-state index in [0.29, 0.717) is 42.1 Å². The third-order valence-electron chi connectivity index (χ3n) is 7.07. The fraction of sp³-hybridized carbons (Fsp3) is 0.212. The van der Waals surface area contributed by atoms with Gasteiger partial charge in [-0.1, -0.05) is 69.2 Å². The fourth-order valence-electron chi connectivity index (χ4n) is 4.84. The van der Waals surface area contributed by atoms with E-state index in [1.807, 2.05) is 31.2 Å². The number of nitrogens with zero attached hydrogens (tertiary/aromatic N) is 2. The monoisotopic (exact) mass is 676 g/mol. The summed E-state index contributed by atoms with van der Waals surface area (Å²) in [7, 11) is 1.52. The van der Waals surface area contributed by atoms with E-state index in [9.17, 15) is 14.4 Å². The molecule has 9 nitrogen and oxygen atoms in total. The Balaban J connectivity index is 1.53. The van der Waals surface area contributed by atoms with E-state index < -0.39 is 18.0 Å². The summed E-state index contributed by atoms with van der Waals surface area (Å²) >= 11 is 4.83. The van der Waals surface area contributed by atoms with E-state index in [4.69, 9.17) is 19.3 Å². The van der Waals surface area contributed by atoms with Gasteiger partial charge in [0.05, 0.1) is 41.1 Å². The SMILES string of the molecule is CCOC(=O)C1=C(C)N=c2s/c(=C/c3cc(OC)c(OCc4ccc(C(=O)O)cc4)cc3Br)c(=O)n2[C@H]1c1ccc(C)cc1. The van der Waals surface area contributed by atoms with Crippen LogP contribution in [0.4, 0.5) is 0 Å². The smallest absolute Gasteiger partial charge is 0.338 e. The minimum absolute atomic E-state index is 0.196. The normalized spacial score (nSPS) is 14.6. The molecule has 2 heterocycles. The maximum atomic E-state index is 14.0. The van der Waals surface area contributed by atoms with Crippen LogP contribution in [0.15, 0.2) is 86.2 Å². The first-order valence-electron chi connectivity index (χ1n) is 13.7. The highest BCUT2D eigenvalue weighted by Gasteiger charge is 2.33. The van der Waals surface area contributed by atoms with Gasteiger partial charge in [0.2, 0.25) is 0 Å². The second kappa shape index (κ2) is 13.0. The first-order valence-corrected chi connectivity index (χ1v) is 15.3. The van der Waals surface area contributed by atoms with Gasteiger partial charge in [-0.05, 0) is 67.8 Å². The van der Waals surface area contributed by atoms with Gasteiger partial charge in [0.1, 0.15) is 6.61 Å². The van der Waals surface area contributed by atoms with Crippen molar-refractivity contribution in [1.29, 1.82) is 0 Å². The van der Waals surface area contributed by atoms with Crippen molar-refractivity contribution in [2.45, 2.75) is 33.4 Å². The Hall–Kier alpha value is -4.48. The quantitative estimate of drug-likeness (QED) is 0.244. The lowest BCUT2D eigenvalue weighted by Gasteiger charge is -2.24. The van der Waals surface area contributed by atoms with Crippen LogP contribution in [0.1, 0.15) is 52.5 Å². The van der Waals surface area contributed by atoms with E-state index in [1.165, 1.54) is 30.6 Å². The van der Waals surface area contributed by atoms with Gasteiger partial charge in [0.15, 0.2) is 16.3 Å². The molecule has 0 bridgehead atoms. The van der Waals surface area contributed by atoms with Crippen LogP contribution in [0.5, 0.6) is 11.5 Å². The molecular formula is C33H29BrN2O7S. The number of allylic oxidation sites excluding steroid dienone is 1. The maximum absolute atomic E-state index is 14.0. The molecule has 44 heavy (non-hydrogen) atoms. The summed E-state index contributed by atoms with van der Waals surface area (Å²) in [4.78, 5) is 43.3. The number of hydrogen-bond donors (Lipinski definition) is 1. The van der Waals surface area contributed by atoms with Crippen molar-refractivity contribution in [2.75, 3.05) is 13.7 Å². The van der Waals surface area contributed by atoms with Crippen molar-refractivity contribution in [2.24, 2.45) is 4.99 Å². The van der Waals surface area contributed by atoms with E-state index in [0.717, 1.165) is 16.7 Å². The second-order valence-corrected chi connectivity index (χ2v) is 11.9. The van der Waals surface area contributed by atoms with Crippen LogP contribution in [0, 0.1) is 6.92 Å². The topological polar surface area (TPSA) is 116 Å². The average molecular weight is 678 g/mol. The third kappa shape index (κ3) is 6.24. The Morgan fingerprint density at radius 2 is 1.77 bits per heavy atom. The van der Waals surface area contributed by atoms with E-state index in [-0.39, 0.29) is 24.3 Å². The molecule has 4 aromatic rings. The molecule has 1 aliphatic rings. The van der Waals surface area contributed by atoms with Crippen molar-refractivity contribution >= 4 is 45.3 Å². The maximum Gasteiger partial charge on any atom is 0.338 e. The Morgan fingerprint density at radius 1 is 1.07 bits per heavy atom. The lowest BCUT2D eigenvalue weighted by Crippen LogP contribution is -2.39. The summed E-state index contributed by atoms with van der Waals surface area (Å²) in [6.07, 6.45) is 1.75. The molecule has 1 aromatic heterocycles. The molecule has 1 N–H and O–H groups in total. The molecule has 5 rings (SSSR count). The summed E-state index contributed by atoms with van der Waals surface area (Å²) in [5.41, 5.74) is 4.05. The molecule has 0 spiro atoms. The average Bonchev–Trinajstić information content (AvgIpc) is 3.31. The Kier molecular flexibility index (Phi) is 9.17. The van der Waals surface area contributed by atoms with Crippen LogP contribution in [0.2, 0.25) is 0 Å². The summed E-state index contributed by atoms with van der Waals surface area (Å²) in [6.45, 7) is 5.87. The zero-order valence-electron chi connectivity index (χ0n) is 24.4. The van der Waals surface area contributed by atoms with Gasteiger partial charge in [0.25, 0.3) is 5.56 Å². The first-order chi connectivity index (χ1) is 21.1. The molecule has 11 heteroatoms. The molecule has 3 aromatic carbocycles. The molecule has 226 valence electrons. The number of aromatic nitrogens is 1. The highest BCUT2D eigenvalue weighted by atomic mass is 79.9. The molecule has 0 unspecified atom stereocenters. The van der Waals surface area contributed by atoms with Gasteiger partial charge in [0, 0.05) is 4.47 Å². The largest absolute Gasteiger partial charge is 0.493 e. The van der Waals surface area contributed by atoms with E-state index >= 15 is 0 Å². The Labute approximate surface area is 265 Å². The van der Waals surface area contributed by atoms with Gasteiger partial charge in [-0.3, -0.25) is 9.36 Å². The van der Waals surface area contributed by atoms with Gasteiger partial charge >= 0.3 is 11.9 Å². The van der Waals surface area contributed by atoms with Crippen molar-refractivity contribution in [3.63, 3.8) is 0 Å². The number of methoxy groups -OCH3 is 1. The predicted octanol–water partition coefficient (Wildman–Crippen LogP) is 5.16. The van der Waals surface area contributed by atoms with Crippen LogP contribution in [-0.2, 0) is 16.1 Å². The van der Waals surface area contributed by atoms with E-state index in [2.05, 4.69) is 20.9 Å². The van der Waals surface area contributed by atoms with Gasteiger partial charge in [-0.2, -0.15) is 0 Å². The number of rotatable bonds is 9. The molecule has 1 atom stereocenters. The summed E-state index contributed by atoms with van der Waals surface area (Å²) in [5.74, 6) is -0.581. The highest BCUT2D eigenvalue weighted by Crippen LogP contribution is 2.35. The number of carbonyl (C=O) groups excluding carboxylic acids is 1. The third-order valence-corrected chi connectivity index (χ3v) is 8.74. The zero-order chi connectivity index (χ0) is 31.5. The van der Waals surface area contributed by atoms with Crippen LogP contribution < -0.4 is 24.4 Å². The van der Waals surface area contributed by atoms with Crippen LogP contribution in [0.3, 0.4) is 0 Å². The number of benzene rings is 3. The van der Waals surface area contributed by atoms with Gasteiger partial charge < -0.3 is 19.3 Å². The predicted molar refractivity (Wildman–Crippen MR) is 170 cm³/mol. The molecule has 0 saturated carbocycles. The van der Waals surface area contributed by atoms with Crippen LogP contribution >= 0.6 is 27.3 Å². The summed E-state index contributed by atoms with van der Waals surface area (Å²) < 4.78 is 19.6.